The van der Waals surface area contributed by atoms with Gasteiger partial charge in [-0.25, -0.2) is 17.6 Å². The third-order valence-corrected chi connectivity index (χ3v) is 8.75. The Morgan fingerprint density at radius 1 is 0.477 bits per heavy atom. The number of benzene rings is 2. The molecule has 6 nitrogen and oxygen atoms in total. The molecule has 6 heteroatoms. The van der Waals surface area contributed by atoms with Gasteiger partial charge in [-0.3, -0.25) is 0 Å². The number of ether oxygens (including phenoxy) is 2. The highest BCUT2D eigenvalue weighted by Crippen LogP contribution is 2.21. The normalized spacial score (nSPS) is 11.7. The minimum Gasteiger partial charge on any atom is -0.493 e. The maximum absolute atomic E-state index is 6.31. The quantitative estimate of drug-likeness (QED) is 0.0661. The SMILES string of the molecule is CCCCCCCCCCOc1cc2cc(c1)n1cc[n+](c1)c1cc(OCCCCCCCCCC)cc(c1)[n+]1ccn2c1. The average Bonchev–Trinajstić information content (AvgIpc) is 3.74. The van der Waals surface area contributed by atoms with Crippen molar-refractivity contribution in [3.63, 3.8) is 0 Å². The summed E-state index contributed by atoms with van der Waals surface area (Å²) in [6.45, 7) is 6.05. The predicted octanol–water partition coefficient (Wildman–Crippen LogP) is 9.27. The average molecular weight is 599 g/mol. The van der Waals surface area contributed by atoms with Crippen molar-refractivity contribution in [1.29, 1.82) is 0 Å². The summed E-state index contributed by atoms with van der Waals surface area (Å²) in [4.78, 5) is 0. The van der Waals surface area contributed by atoms with Gasteiger partial charge in [-0.1, -0.05) is 104 Å². The number of nitrogens with zero attached hydrogens (tertiary/aromatic N) is 4. The van der Waals surface area contributed by atoms with Crippen LogP contribution < -0.4 is 18.3 Å². The van der Waals surface area contributed by atoms with E-state index in [4.69, 9.17) is 9.47 Å². The van der Waals surface area contributed by atoms with Gasteiger partial charge in [-0.2, -0.15) is 0 Å². The first-order chi connectivity index (χ1) is 21.7. The summed E-state index contributed by atoms with van der Waals surface area (Å²) in [5.41, 5.74) is 4.32. The van der Waals surface area contributed by atoms with Gasteiger partial charge in [0.25, 0.3) is 12.7 Å². The zero-order chi connectivity index (χ0) is 30.4. The van der Waals surface area contributed by atoms with E-state index in [0.29, 0.717) is 0 Å². The maximum Gasteiger partial charge on any atom is 0.254 e. The Morgan fingerprint density at radius 3 is 1.34 bits per heavy atom. The van der Waals surface area contributed by atoms with Crippen molar-refractivity contribution >= 4 is 22.1 Å². The fourth-order valence-electron chi connectivity index (χ4n) is 6.07. The third-order valence-electron chi connectivity index (χ3n) is 8.75. The Morgan fingerprint density at radius 2 is 0.886 bits per heavy atom. The van der Waals surface area contributed by atoms with E-state index in [1.54, 1.807) is 0 Å². The lowest BCUT2D eigenvalue weighted by molar-refractivity contribution is -0.515. The Hall–Kier alpha value is -3.54. The molecule has 236 valence electrons. The van der Waals surface area contributed by atoms with Crippen molar-refractivity contribution in [2.45, 2.75) is 117 Å². The lowest BCUT2D eigenvalue weighted by Crippen LogP contribution is -2.20. The summed E-state index contributed by atoms with van der Waals surface area (Å²) in [6, 6.07) is 13.0. The standard InChI is InChI=1S/C38H54N4O2/c1-3-5-7-9-11-13-15-17-23-43-37-27-33-25-34(28-37)40-20-22-42(32-40)36-26-35(41-21-19-39(33)31-41)29-38(30-36)44-24-18-16-14-12-10-8-6-4-2/h19-22,25-32H,3-18,23-24H2,1-2H3/q+2. The molecule has 0 saturated carbocycles. The van der Waals surface area contributed by atoms with E-state index in [2.05, 4.69) is 105 Å². The summed E-state index contributed by atoms with van der Waals surface area (Å²) < 4.78 is 21.3. The molecule has 2 aromatic carbocycles. The second-order valence-corrected chi connectivity index (χ2v) is 12.5. The Balaban J connectivity index is 1.31. The van der Waals surface area contributed by atoms with E-state index in [1.165, 1.54) is 89.9 Å². The molecule has 3 aromatic heterocycles. The minimum atomic E-state index is 0.752. The van der Waals surface area contributed by atoms with Crippen LogP contribution in [0.15, 0.2) is 73.8 Å². The van der Waals surface area contributed by atoms with Gasteiger partial charge < -0.3 is 9.47 Å². The highest BCUT2D eigenvalue weighted by molar-refractivity contribution is 5.65. The number of hydrogen-bond donors (Lipinski definition) is 0. The summed E-state index contributed by atoms with van der Waals surface area (Å²) in [5, 5.41) is 0. The molecule has 3 heterocycles. The van der Waals surface area contributed by atoms with Crippen LogP contribution >= 0.6 is 0 Å². The van der Waals surface area contributed by atoms with Crippen LogP contribution in [0.5, 0.6) is 11.5 Å². The lowest BCUT2D eigenvalue weighted by atomic mass is 10.1. The number of fused-ring (bicyclic) bond motifs is 12. The van der Waals surface area contributed by atoms with Crippen LogP contribution in [0.1, 0.15) is 117 Å². The summed E-state index contributed by atoms with van der Waals surface area (Å²) in [6.07, 6.45) is 33.5. The van der Waals surface area contributed by atoms with Gasteiger partial charge in [0, 0.05) is 36.4 Å². The second kappa shape index (κ2) is 17.1. The molecule has 0 atom stereocenters. The molecule has 44 heavy (non-hydrogen) atoms. The monoisotopic (exact) mass is 598 g/mol. The van der Waals surface area contributed by atoms with Gasteiger partial charge in [-0.05, 0) is 12.8 Å². The summed E-state index contributed by atoms with van der Waals surface area (Å²) in [5.74, 6) is 1.82. The van der Waals surface area contributed by atoms with Gasteiger partial charge in [0.05, 0.1) is 13.2 Å². The van der Waals surface area contributed by atoms with Gasteiger partial charge in [0.2, 0.25) is 0 Å². The second-order valence-electron chi connectivity index (χ2n) is 12.5. The van der Waals surface area contributed by atoms with E-state index in [0.717, 1.165) is 59.6 Å². The number of hydrogen-bond acceptors (Lipinski definition) is 2. The first-order valence-electron chi connectivity index (χ1n) is 17.5. The van der Waals surface area contributed by atoms with Crippen LogP contribution in [0.2, 0.25) is 0 Å². The van der Waals surface area contributed by atoms with E-state index in [1.807, 2.05) is 0 Å². The van der Waals surface area contributed by atoms with Gasteiger partial charge in [0.15, 0.2) is 0 Å². The van der Waals surface area contributed by atoms with Gasteiger partial charge >= 0.3 is 0 Å². The fraction of sp³-hybridized carbons (Fsp3) is 0.526. The van der Waals surface area contributed by atoms with Crippen molar-refractivity contribution in [2.24, 2.45) is 0 Å². The minimum absolute atomic E-state index is 0.752. The zero-order valence-corrected chi connectivity index (χ0v) is 27.3. The van der Waals surface area contributed by atoms with Crippen LogP contribution in [0, 0.1) is 0 Å². The predicted molar refractivity (Wildman–Crippen MR) is 180 cm³/mol. The molecule has 0 N–H and O–H groups in total. The Bertz CT molecular complexity index is 1410. The molecule has 0 aliphatic heterocycles. The van der Waals surface area contributed by atoms with E-state index < -0.39 is 0 Å². The van der Waals surface area contributed by atoms with Crippen LogP contribution in [-0.4, -0.2) is 22.0 Å². The largest absolute Gasteiger partial charge is 0.493 e. The summed E-state index contributed by atoms with van der Waals surface area (Å²) in [7, 11) is 0. The molecule has 5 rings (SSSR count). The van der Waals surface area contributed by atoms with E-state index in [9.17, 15) is 0 Å². The molecular weight excluding hydrogens is 544 g/mol. The molecule has 0 unspecified atom stereocenters. The molecular formula is C38H54N4O2+2. The molecule has 0 radical (unpaired) electrons. The van der Waals surface area contributed by atoms with Gasteiger partial charge in [0.1, 0.15) is 58.4 Å². The van der Waals surface area contributed by atoms with E-state index >= 15 is 0 Å². The lowest BCUT2D eigenvalue weighted by Gasteiger charge is -2.06. The van der Waals surface area contributed by atoms with E-state index in [-0.39, 0.29) is 0 Å². The Labute approximate surface area is 263 Å². The van der Waals surface area contributed by atoms with Crippen molar-refractivity contribution in [3.8, 4) is 11.5 Å². The molecule has 0 saturated heterocycles. The molecule has 0 aliphatic rings. The first-order valence-corrected chi connectivity index (χ1v) is 17.5. The number of unbranched alkanes of at least 4 members (excludes halogenated alkanes) is 14. The maximum atomic E-state index is 6.31. The van der Waals surface area contributed by atoms with Crippen LogP contribution in [-0.2, 0) is 0 Å². The van der Waals surface area contributed by atoms with Crippen molar-refractivity contribution in [3.05, 3.63) is 73.8 Å². The van der Waals surface area contributed by atoms with Crippen LogP contribution in [0.3, 0.4) is 0 Å². The highest BCUT2D eigenvalue weighted by atomic mass is 16.5. The fourth-order valence-corrected chi connectivity index (χ4v) is 6.07. The highest BCUT2D eigenvalue weighted by Gasteiger charge is 2.11. The zero-order valence-electron chi connectivity index (χ0n) is 27.3. The van der Waals surface area contributed by atoms with Crippen molar-refractivity contribution in [2.75, 3.05) is 13.2 Å². The Kier molecular flexibility index (Phi) is 12.4. The smallest absolute Gasteiger partial charge is 0.254 e. The first kappa shape index (κ1) is 31.9. The topological polar surface area (TPSA) is 35.5 Å². The number of aromatic nitrogens is 4. The molecule has 0 amide bonds. The van der Waals surface area contributed by atoms with Crippen molar-refractivity contribution in [1.82, 2.24) is 8.80 Å². The third kappa shape index (κ3) is 9.23. The van der Waals surface area contributed by atoms with Crippen molar-refractivity contribution < 1.29 is 18.3 Å². The summed E-state index contributed by atoms with van der Waals surface area (Å²) >= 11 is 0. The van der Waals surface area contributed by atoms with Gasteiger partial charge in [-0.15, -0.1) is 0 Å². The number of imidazole rings is 2. The molecule has 8 bridgehead atoms. The number of rotatable bonds is 20. The molecule has 5 aromatic rings. The van der Waals surface area contributed by atoms with Crippen LogP contribution in [0.25, 0.3) is 22.1 Å². The molecule has 0 fully saturated rings. The van der Waals surface area contributed by atoms with Crippen LogP contribution in [0.4, 0.5) is 0 Å². The molecule has 0 spiro atoms. The molecule has 0 aliphatic carbocycles.